The van der Waals surface area contributed by atoms with Crippen molar-refractivity contribution in [2.24, 2.45) is 11.7 Å². The molecule has 11 heteroatoms. The first-order valence-corrected chi connectivity index (χ1v) is 21.3. The van der Waals surface area contributed by atoms with Crippen LogP contribution in [-0.4, -0.2) is 68.3 Å². The van der Waals surface area contributed by atoms with E-state index in [4.69, 9.17) is 24.7 Å². The first-order valence-electron chi connectivity index (χ1n) is 21.3. The highest BCUT2D eigenvalue weighted by molar-refractivity contribution is 5.84. The molecule has 310 valence electrons. The molecule has 1 spiro atoms. The van der Waals surface area contributed by atoms with Gasteiger partial charge in [0.1, 0.15) is 36.1 Å². The third kappa shape index (κ3) is 7.51. The van der Waals surface area contributed by atoms with Gasteiger partial charge >= 0.3 is 5.97 Å². The lowest BCUT2D eigenvalue weighted by Gasteiger charge is -2.39. The molecule has 11 nitrogen and oxygen atoms in total. The van der Waals surface area contributed by atoms with Crippen molar-refractivity contribution in [2.45, 2.75) is 107 Å². The number of likely N-dealkylation sites (N-methyl/N-ethyl adjacent to an activating group) is 1. The second-order valence-electron chi connectivity index (χ2n) is 17.4. The molecule has 6 aliphatic rings. The van der Waals surface area contributed by atoms with E-state index < -0.39 is 6.10 Å². The molecule has 6 atom stereocenters. The van der Waals surface area contributed by atoms with Gasteiger partial charge < -0.3 is 50.8 Å². The Labute approximate surface area is 346 Å². The highest BCUT2D eigenvalue weighted by atomic mass is 16.5. The van der Waals surface area contributed by atoms with Crippen molar-refractivity contribution in [1.82, 2.24) is 16.0 Å². The molecule has 0 aromatic heterocycles. The number of aromatic hydroxyl groups is 2. The number of fused-ring (bicyclic) bond motifs is 6. The van der Waals surface area contributed by atoms with E-state index in [0.717, 1.165) is 94.5 Å². The molecule has 2 fully saturated rings. The SMILES string of the molecule is CNC[C@H](CNC1CCCC1)Oc1cc2c(cc1O)CC#CC1=C(C=CC(N)N1)C[C@H]1CC[C@]3(Cc4cc(O)cc(OC)c4-c4ccc5c(c43)O[C@H]2[C@H]5COC(C)=O)C1. The number of dihydropyridines is 1. The van der Waals surface area contributed by atoms with Gasteiger partial charge in [-0.1, -0.05) is 37.0 Å². The number of carbonyl (C=O) groups excluding carboxylic acids is 1. The lowest BCUT2D eigenvalue weighted by molar-refractivity contribution is -0.141. The Balaban J connectivity index is 1.22. The van der Waals surface area contributed by atoms with E-state index in [1.807, 2.05) is 25.3 Å². The molecule has 9 rings (SSSR count). The number of methoxy groups -OCH3 is 1. The molecule has 1 unspecified atom stereocenters. The summed E-state index contributed by atoms with van der Waals surface area (Å²) in [4.78, 5) is 12.5. The van der Waals surface area contributed by atoms with Crippen LogP contribution in [-0.2, 0) is 27.8 Å². The molecule has 3 aliphatic carbocycles. The number of hydrogen-bond acceptors (Lipinski definition) is 11. The first kappa shape index (κ1) is 39.3. The standard InChI is InChI=1S/C48H56N4O7/c1-27(53)57-26-38-35-12-13-36-44-31(18-33(54)20-42(44)56-3)23-48-16-15-28(22-48)17-30-11-14-43(49)52-39(30)10-6-7-29-19-40(55)41(21-37(29)46(38)59-47(35)45(36)48)58-34(24-50-2)25-51-32-8-4-5-9-32/h11-14,18-21,28,32,34,38,43,46,50-52,54-55H,4-5,7-9,15-17,22-26,49H2,1-3H3/t28-,34-,38+,43?,46-,48-/m1/s1. The van der Waals surface area contributed by atoms with Crippen molar-refractivity contribution < 1.29 is 34.0 Å². The lowest BCUT2D eigenvalue weighted by atomic mass is 9.65. The Kier molecular flexibility index (Phi) is 10.8. The number of benzene rings is 3. The van der Waals surface area contributed by atoms with Gasteiger partial charge in [-0.15, -0.1) is 0 Å². The van der Waals surface area contributed by atoms with Crippen LogP contribution in [0.4, 0.5) is 0 Å². The monoisotopic (exact) mass is 800 g/mol. The Morgan fingerprint density at radius 2 is 1.93 bits per heavy atom. The van der Waals surface area contributed by atoms with Gasteiger partial charge in [0.25, 0.3) is 0 Å². The quantitative estimate of drug-likeness (QED) is 0.101. The summed E-state index contributed by atoms with van der Waals surface area (Å²) in [5, 5.41) is 32.9. The Bertz CT molecular complexity index is 2270. The van der Waals surface area contributed by atoms with Crippen LogP contribution in [0.15, 0.2) is 59.8 Å². The van der Waals surface area contributed by atoms with Crippen LogP contribution < -0.4 is 35.9 Å². The molecule has 3 aromatic carbocycles. The van der Waals surface area contributed by atoms with E-state index in [-0.39, 0.29) is 47.7 Å². The normalized spacial score (nSPS) is 25.6. The molecule has 0 saturated heterocycles. The fraction of sp³-hybridized carbons (Fsp3) is 0.479. The number of ether oxygens (including phenoxy) is 4. The number of carbonyl (C=O) groups is 1. The number of nitrogens with two attached hydrogens (primary N) is 1. The number of nitrogens with one attached hydrogen (secondary N) is 3. The lowest BCUT2D eigenvalue weighted by Crippen LogP contribution is -2.41. The smallest absolute Gasteiger partial charge is 0.302 e. The summed E-state index contributed by atoms with van der Waals surface area (Å²) in [7, 11) is 3.55. The van der Waals surface area contributed by atoms with Crippen LogP contribution in [0.3, 0.4) is 0 Å². The maximum Gasteiger partial charge on any atom is 0.302 e. The highest BCUT2D eigenvalue weighted by Gasteiger charge is 2.51. The molecule has 7 N–H and O–H groups in total. The summed E-state index contributed by atoms with van der Waals surface area (Å²) < 4.78 is 25.8. The predicted molar refractivity (Wildman–Crippen MR) is 226 cm³/mol. The number of hydrogen-bond donors (Lipinski definition) is 6. The van der Waals surface area contributed by atoms with Crippen LogP contribution in [0, 0.1) is 17.8 Å². The van der Waals surface area contributed by atoms with E-state index in [0.29, 0.717) is 49.4 Å². The van der Waals surface area contributed by atoms with Crippen molar-refractivity contribution in [2.75, 3.05) is 33.9 Å². The minimum atomic E-state index is -0.587. The van der Waals surface area contributed by atoms with Crippen molar-refractivity contribution in [3.05, 3.63) is 87.6 Å². The molecule has 2 saturated carbocycles. The van der Waals surface area contributed by atoms with Gasteiger partial charge in [0.2, 0.25) is 0 Å². The number of esters is 1. The van der Waals surface area contributed by atoms with Gasteiger partial charge in [-0.05, 0) is 110 Å². The average molecular weight is 801 g/mol. The molecular formula is C48H56N4O7. The summed E-state index contributed by atoms with van der Waals surface area (Å²) in [6.07, 6.45) is 12.4. The van der Waals surface area contributed by atoms with Gasteiger partial charge in [-0.25, -0.2) is 0 Å². The maximum absolute atomic E-state index is 12.5. The van der Waals surface area contributed by atoms with E-state index >= 15 is 0 Å². The average Bonchev–Trinajstić information content (AvgIpc) is 3.97. The minimum Gasteiger partial charge on any atom is -0.508 e. The second kappa shape index (κ2) is 16.1. The third-order valence-corrected chi connectivity index (χ3v) is 13.5. The predicted octanol–water partition coefficient (Wildman–Crippen LogP) is 6.29. The molecule has 3 aliphatic heterocycles. The minimum absolute atomic E-state index is 0.0266. The molecule has 0 amide bonds. The van der Waals surface area contributed by atoms with Crippen molar-refractivity contribution in [3.63, 3.8) is 0 Å². The summed E-state index contributed by atoms with van der Waals surface area (Å²) in [6.45, 7) is 2.76. The van der Waals surface area contributed by atoms with E-state index in [1.54, 1.807) is 19.2 Å². The van der Waals surface area contributed by atoms with Gasteiger partial charge in [0, 0.05) is 66.2 Å². The van der Waals surface area contributed by atoms with Gasteiger partial charge in [-0.2, -0.15) is 0 Å². The largest absolute Gasteiger partial charge is 0.508 e. The summed E-state index contributed by atoms with van der Waals surface area (Å²) in [6, 6.07) is 12.0. The summed E-state index contributed by atoms with van der Waals surface area (Å²) >= 11 is 0. The number of phenolic OH excluding ortho intramolecular Hbond substituents is 2. The Morgan fingerprint density at radius 3 is 2.73 bits per heavy atom. The number of allylic oxidation sites excluding steroid dienone is 3. The topological polar surface area (TPSA) is 157 Å². The maximum atomic E-state index is 12.5. The molecule has 59 heavy (non-hydrogen) atoms. The molecule has 4 bridgehead atoms. The first-order chi connectivity index (χ1) is 28.6. The van der Waals surface area contributed by atoms with Crippen LogP contribution in [0.1, 0.15) is 98.1 Å². The zero-order chi connectivity index (χ0) is 40.8. The molecule has 3 aromatic rings. The molecule has 0 radical (unpaired) electrons. The zero-order valence-electron chi connectivity index (χ0n) is 34.3. The number of phenols is 2. The third-order valence-electron chi connectivity index (χ3n) is 13.5. The fourth-order valence-electron chi connectivity index (χ4n) is 10.9. The van der Waals surface area contributed by atoms with Crippen LogP contribution in [0.5, 0.6) is 28.7 Å². The Morgan fingerprint density at radius 1 is 1.08 bits per heavy atom. The van der Waals surface area contributed by atoms with E-state index in [2.05, 4.69) is 46.0 Å². The van der Waals surface area contributed by atoms with Gasteiger partial charge in [0.15, 0.2) is 11.5 Å². The fourth-order valence-corrected chi connectivity index (χ4v) is 10.9. The molecular weight excluding hydrogens is 745 g/mol. The van der Waals surface area contributed by atoms with Gasteiger partial charge in [-0.3, -0.25) is 4.79 Å². The van der Waals surface area contributed by atoms with E-state index in [9.17, 15) is 15.0 Å². The summed E-state index contributed by atoms with van der Waals surface area (Å²) in [5.41, 5.74) is 14.8. The van der Waals surface area contributed by atoms with Crippen molar-refractivity contribution in [3.8, 4) is 51.7 Å². The van der Waals surface area contributed by atoms with Crippen molar-refractivity contribution in [1.29, 1.82) is 0 Å². The van der Waals surface area contributed by atoms with Gasteiger partial charge in [0.05, 0.1) is 24.9 Å². The van der Waals surface area contributed by atoms with Crippen LogP contribution in [0.25, 0.3) is 11.1 Å². The van der Waals surface area contributed by atoms with E-state index in [1.165, 1.54) is 19.8 Å². The second-order valence-corrected chi connectivity index (χ2v) is 17.4. The van der Waals surface area contributed by atoms with Crippen LogP contribution in [0.2, 0.25) is 0 Å². The molecule has 3 heterocycles. The highest BCUT2D eigenvalue weighted by Crippen LogP contribution is 2.62. The zero-order valence-corrected chi connectivity index (χ0v) is 34.3. The number of rotatable bonds is 10. The Hall–Kier alpha value is -5.15. The summed E-state index contributed by atoms with van der Waals surface area (Å²) in [5.74, 6) is 8.48. The van der Waals surface area contributed by atoms with Crippen molar-refractivity contribution >= 4 is 5.97 Å². The van der Waals surface area contributed by atoms with Crippen LogP contribution >= 0.6 is 0 Å².